The molecule has 0 radical (unpaired) electrons. The molecule has 0 bridgehead atoms. The number of carbonyl (C=O) groups is 1. The highest BCUT2D eigenvalue weighted by Gasteiger charge is 2.17. The SMILES string of the molecule is CN1CCC(CNc2ccsc2C(=O)O)CC1. The molecule has 1 aliphatic heterocycles. The molecule has 1 saturated heterocycles. The van der Waals surface area contributed by atoms with E-state index in [1.165, 1.54) is 24.2 Å². The smallest absolute Gasteiger partial charge is 0.348 e. The van der Waals surface area contributed by atoms with Gasteiger partial charge in [-0.2, -0.15) is 0 Å². The van der Waals surface area contributed by atoms with Crippen LogP contribution in [0.4, 0.5) is 5.69 Å². The minimum absolute atomic E-state index is 0.415. The zero-order chi connectivity index (χ0) is 12.3. The standard InChI is InChI=1S/C12H18N2O2S/c1-14-5-2-9(3-6-14)8-13-10-4-7-17-11(10)12(15)16/h4,7,9,13H,2-3,5-6,8H2,1H3,(H,15,16). The number of nitrogens with zero attached hydrogens (tertiary/aromatic N) is 1. The molecule has 2 N–H and O–H groups in total. The quantitative estimate of drug-likeness (QED) is 0.865. The van der Waals surface area contributed by atoms with Crippen molar-refractivity contribution in [3.05, 3.63) is 16.3 Å². The van der Waals surface area contributed by atoms with Crippen molar-refractivity contribution in [3.8, 4) is 0 Å². The minimum atomic E-state index is -0.842. The van der Waals surface area contributed by atoms with E-state index in [1.54, 1.807) is 0 Å². The Morgan fingerprint density at radius 1 is 1.59 bits per heavy atom. The predicted octanol–water partition coefficient (Wildman–Crippen LogP) is 2.20. The van der Waals surface area contributed by atoms with Gasteiger partial charge in [0.15, 0.2) is 0 Å². The van der Waals surface area contributed by atoms with Crippen LogP contribution in [0.3, 0.4) is 0 Å². The summed E-state index contributed by atoms with van der Waals surface area (Å²) in [5.41, 5.74) is 0.765. The number of carboxylic acid groups (broad SMARTS) is 1. The molecule has 5 heteroatoms. The first-order valence-corrected chi connectivity index (χ1v) is 6.78. The number of anilines is 1. The summed E-state index contributed by atoms with van der Waals surface area (Å²) in [5, 5.41) is 14.1. The molecule has 94 valence electrons. The maximum Gasteiger partial charge on any atom is 0.348 e. The second-order valence-electron chi connectivity index (χ2n) is 4.60. The van der Waals surface area contributed by atoms with Gasteiger partial charge in [0.05, 0.1) is 5.69 Å². The largest absolute Gasteiger partial charge is 0.477 e. The zero-order valence-corrected chi connectivity index (χ0v) is 10.8. The van der Waals surface area contributed by atoms with Crippen LogP contribution < -0.4 is 5.32 Å². The van der Waals surface area contributed by atoms with Gasteiger partial charge >= 0.3 is 5.97 Å². The number of piperidine rings is 1. The highest BCUT2D eigenvalue weighted by atomic mass is 32.1. The van der Waals surface area contributed by atoms with E-state index in [0.717, 1.165) is 25.3 Å². The summed E-state index contributed by atoms with van der Waals surface area (Å²) in [6, 6.07) is 1.85. The summed E-state index contributed by atoms with van der Waals surface area (Å²) in [6.07, 6.45) is 2.38. The number of thiophene rings is 1. The Bertz CT molecular complexity index is 384. The van der Waals surface area contributed by atoms with Crippen LogP contribution in [0.15, 0.2) is 11.4 Å². The first kappa shape index (κ1) is 12.4. The molecular formula is C12H18N2O2S. The molecule has 1 aliphatic rings. The van der Waals surface area contributed by atoms with Crippen molar-refractivity contribution in [1.82, 2.24) is 4.90 Å². The van der Waals surface area contributed by atoms with E-state index in [-0.39, 0.29) is 0 Å². The lowest BCUT2D eigenvalue weighted by molar-refractivity contribution is 0.0703. The van der Waals surface area contributed by atoms with Crippen LogP contribution in [0.5, 0.6) is 0 Å². The van der Waals surface area contributed by atoms with Crippen molar-refractivity contribution in [2.45, 2.75) is 12.8 Å². The monoisotopic (exact) mass is 254 g/mol. The van der Waals surface area contributed by atoms with Crippen molar-refractivity contribution in [2.75, 3.05) is 32.0 Å². The number of rotatable bonds is 4. The van der Waals surface area contributed by atoms with Crippen LogP contribution in [-0.2, 0) is 0 Å². The normalized spacial score (nSPS) is 18.2. The van der Waals surface area contributed by atoms with E-state index in [1.807, 2.05) is 11.4 Å². The third kappa shape index (κ3) is 3.20. The van der Waals surface area contributed by atoms with Crippen molar-refractivity contribution < 1.29 is 9.90 Å². The highest BCUT2D eigenvalue weighted by Crippen LogP contribution is 2.23. The van der Waals surface area contributed by atoms with Gasteiger partial charge in [-0.25, -0.2) is 4.79 Å². The topological polar surface area (TPSA) is 52.6 Å². The first-order chi connectivity index (χ1) is 8.16. The van der Waals surface area contributed by atoms with Gasteiger partial charge in [-0.3, -0.25) is 0 Å². The fourth-order valence-corrected chi connectivity index (χ4v) is 2.84. The van der Waals surface area contributed by atoms with Crippen molar-refractivity contribution in [1.29, 1.82) is 0 Å². The van der Waals surface area contributed by atoms with Crippen LogP contribution in [0.2, 0.25) is 0 Å². The summed E-state index contributed by atoms with van der Waals surface area (Å²) < 4.78 is 0. The Kier molecular flexibility index (Phi) is 4.02. The number of carboxylic acids is 1. The predicted molar refractivity (Wildman–Crippen MR) is 70.0 cm³/mol. The van der Waals surface area contributed by atoms with Gasteiger partial charge in [0.2, 0.25) is 0 Å². The Labute approximate surface area is 105 Å². The van der Waals surface area contributed by atoms with Crippen molar-refractivity contribution in [2.24, 2.45) is 5.92 Å². The van der Waals surface area contributed by atoms with Gasteiger partial charge in [-0.1, -0.05) is 0 Å². The molecule has 0 aromatic carbocycles. The van der Waals surface area contributed by atoms with Gasteiger partial charge in [-0.15, -0.1) is 11.3 Å². The molecule has 0 unspecified atom stereocenters. The van der Waals surface area contributed by atoms with E-state index in [2.05, 4.69) is 17.3 Å². The lowest BCUT2D eigenvalue weighted by Gasteiger charge is -2.29. The number of hydrogen-bond acceptors (Lipinski definition) is 4. The lowest BCUT2D eigenvalue weighted by atomic mass is 9.97. The van der Waals surface area contributed by atoms with Crippen LogP contribution in [-0.4, -0.2) is 42.7 Å². The molecule has 0 amide bonds. The molecule has 0 aliphatic carbocycles. The average molecular weight is 254 g/mol. The van der Waals surface area contributed by atoms with Gasteiger partial charge in [-0.05, 0) is 50.3 Å². The first-order valence-electron chi connectivity index (χ1n) is 5.90. The van der Waals surface area contributed by atoms with Gasteiger partial charge < -0.3 is 15.3 Å². The highest BCUT2D eigenvalue weighted by molar-refractivity contribution is 7.12. The zero-order valence-electron chi connectivity index (χ0n) is 9.98. The Morgan fingerprint density at radius 2 is 2.29 bits per heavy atom. The van der Waals surface area contributed by atoms with Crippen LogP contribution in [0.1, 0.15) is 22.5 Å². The van der Waals surface area contributed by atoms with Crippen LogP contribution >= 0.6 is 11.3 Å². The second-order valence-corrected chi connectivity index (χ2v) is 5.51. The van der Waals surface area contributed by atoms with E-state index >= 15 is 0 Å². The molecule has 1 aromatic rings. The molecular weight excluding hydrogens is 236 g/mol. The van der Waals surface area contributed by atoms with Gasteiger partial charge in [0, 0.05) is 6.54 Å². The molecule has 2 heterocycles. The summed E-state index contributed by atoms with van der Waals surface area (Å²) in [6.45, 7) is 3.16. The minimum Gasteiger partial charge on any atom is -0.477 e. The summed E-state index contributed by atoms with van der Waals surface area (Å²) in [4.78, 5) is 13.7. The maximum absolute atomic E-state index is 10.9. The summed E-state index contributed by atoms with van der Waals surface area (Å²) in [7, 11) is 2.14. The van der Waals surface area contributed by atoms with E-state index in [0.29, 0.717) is 10.8 Å². The summed E-state index contributed by atoms with van der Waals surface area (Å²) >= 11 is 1.27. The van der Waals surface area contributed by atoms with Gasteiger partial charge in [0.25, 0.3) is 0 Å². The van der Waals surface area contributed by atoms with Crippen LogP contribution in [0.25, 0.3) is 0 Å². The van der Waals surface area contributed by atoms with Gasteiger partial charge in [0.1, 0.15) is 4.88 Å². The molecule has 2 rings (SSSR count). The lowest BCUT2D eigenvalue weighted by Crippen LogP contribution is -2.33. The van der Waals surface area contributed by atoms with E-state index in [9.17, 15) is 4.79 Å². The van der Waals surface area contributed by atoms with Crippen molar-refractivity contribution in [3.63, 3.8) is 0 Å². The molecule has 1 aromatic heterocycles. The maximum atomic E-state index is 10.9. The molecule has 0 spiro atoms. The van der Waals surface area contributed by atoms with Crippen LogP contribution in [0, 0.1) is 5.92 Å². The fourth-order valence-electron chi connectivity index (χ4n) is 2.13. The number of likely N-dealkylation sites (tertiary alicyclic amines) is 1. The fraction of sp³-hybridized carbons (Fsp3) is 0.583. The van der Waals surface area contributed by atoms with E-state index in [4.69, 9.17) is 5.11 Å². The molecule has 0 saturated carbocycles. The number of nitrogens with one attached hydrogen (secondary N) is 1. The van der Waals surface area contributed by atoms with Crippen molar-refractivity contribution >= 4 is 23.0 Å². The molecule has 17 heavy (non-hydrogen) atoms. The Hall–Kier alpha value is -1.07. The summed E-state index contributed by atoms with van der Waals surface area (Å²) in [5.74, 6) is -0.182. The second kappa shape index (κ2) is 5.51. The third-order valence-corrected chi connectivity index (χ3v) is 4.18. The third-order valence-electron chi connectivity index (χ3n) is 3.28. The molecule has 0 atom stereocenters. The Morgan fingerprint density at radius 3 is 2.94 bits per heavy atom. The molecule has 1 fully saturated rings. The number of aromatic carboxylic acids is 1. The molecule has 4 nitrogen and oxygen atoms in total. The van der Waals surface area contributed by atoms with E-state index < -0.39 is 5.97 Å². The average Bonchev–Trinajstić information content (AvgIpc) is 2.76. The number of hydrogen-bond donors (Lipinski definition) is 2. The Balaban J connectivity index is 1.85.